The zero-order valence-corrected chi connectivity index (χ0v) is 8.49. The lowest BCUT2D eigenvalue weighted by Gasteiger charge is -2.08. The fraction of sp³-hybridized carbons (Fsp3) is 0.625. The maximum absolute atomic E-state index is 13.4. The zero-order chi connectivity index (χ0) is 12.6. The van der Waals surface area contributed by atoms with Crippen molar-refractivity contribution in [2.45, 2.75) is 24.5 Å². The van der Waals surface area contributed by atoms with Crippen LogP contribution in [0.2, 0.25) is 0 Å². The predicted octanol–water partition coefficient (Wildman–Crippen LogP) is -0.551. The number of nitrogens with zero attached hydrogens (tertiary/aromatic N) is 2. The van der Waals surface area contributed by atoms with Crippen molar-refractivity contribution < 1.29 is 24.3 Å². The van der Waals surface area contributed by atoms with E-state index in [0.29, 0.717) is 0 Å². The molecular formula is C8H10FN3O5. The Morgan fingerprint density at radius 2 is 2.41 bits per heavy atom. The molecule has 1 aromatic heterocycles. The van der Waals surface area contributed by atoms with Gasteiger partial charge in [0, 0.05) is 0 Å². The van der Waals surface area contributed by atoms with E-state index in [2.05, 4.69) is 9.97 Å². The summed E-state index contributed by atoms with van der Waals surface area (Å²) in [6, 6.07) is 0. The van der Waals surface area contributed by atoms with Gasteiger partial charge in [-0.1, -0.05) is 4.98 Å². The van der Waals surface area contributed by atoms with E-state index >= 15 is 0 Å². The first kappa shape index (κ1) is 11.9. The molecule has 0 amide bonds. The van der Waals surface area contributed by atoms with Gasteiger partial charge in [-0.3, -0.25) is 0 Å². The number of nitrogens with one attached hydrogen (secondary N) is 1. The molecule has 1 saturated heterocycles. The highest BCUT2D eigenvalue weighted by Crippen LogP contribution is 2.34. The first-order chi connectivity index (χ1) is 8.04. The lowest BCUT2D eigenvalue weighted by atomic mass is 10.1. The quantitative estimate of drug-likeness (QED) is 0.486. The second-order valence-corrected chi connectivity index (χ2v) is 3.62. The van der Waals surface area contributed by atoms with E-state index in [9.17, 15) is 19.6 Å². The fourth-order valence-corrected chi connectivity index (χ4v) is 1.68. The minimum Gasteiger partial charge on any atom is -0.394 e. The summed E-state index contributed by atoms with van der Waals surface area (Å²) in [7, 11) is 0. The van der Waals surface area contributed by atoms with E-state index < -0.39 is 42.0 Å². The number of aromatic nitrogens is 2. The number of aromatic amines is 1. The summed E-state index contributed by atoms with van der Waals surface area (Å²) in [4.78, 5) is 15.5. The van der Waals surface area contributed by atoms with Crippen LogP contribution >= 0.6 is 0 Å². The van der Waals surface area contributed by atoms with Crippen molar-refractivity contribution in [3.8, 4) is 0 Å². The topological polar surface area (TPSA) is 122 Å². The molecule has 94 valence electrons. The lowest BCUT2D eigenvalue weighted by Crippen LogP contribution is -2.28. The summed E-state index contributed by atoms with van der Waals surface area (Å²) >= 11 is 0. The first-order valence-corrected chi connectivity index (χ1v) is 4.82. The van der Waals surface area contributed by atoms with E-state index in [1.165, 1.54) is 6.20 Å². The Kier molecular flexibility index (Phi) is 3.05. The van der Waals surface area contributed by atoms with Gasteiger partial charge in [-0.2, -0.15) is 0 Å². The number of aliphatic hydroxyl groups excluding tert-OH is 2. The van der Waals surface area contributed by atoms with Crippen molar-refractivity contribution in [1.82, 2.24) is 9.97 Å². The number of nitro groups is 1. The molecule has 2 heterocycles. The number of alkyl halides is 1. The summed E-state index contributed by atoms with van der Waals surface area (Å²) in [5.74, 6) is -0.515. The van der Waals surface area contributed by atoms with Crippen molar-refractivity contribution in [2.75, 3.05) is 6.61 Å². The average Bonchev–Trinajstić information content (AvgIpc) is 2.87. The molecule has 1 aliphatic rings. The van der Waals surface area contributed by atoms with Crippen LogP contribution in [0.1, 0.15) is 11.8 Å². The van der Waals surface area contributed by atoms with E-state index in [-0.39, 0.29) is 5.69 Å². The van der Waals surface area contributed by atoms with Gasteiger partial charge in [0.25, 0.3) is 0 Å². The highest BCUT2D eigenvalue weighted by Gasteiger charge is 2.46. The van der Waals surface area contributed by atoms with Gasteiger partial charge >= 0.3 is 5.95 Å². The number of hydrogen-bond acceptors (Lipinski definition) is 6. The summed E-state index contributed by atoms with van der Waals surface area (Å²) in [5, 5.41) is 28.7. The highest BCUT2D eigenvalue weighted by atomic mass is 19.1. The van der Waals surface area contributed by atoms with Crippen LogP contribution < -0.4 is 0 Å². The largest absolute Gasteiger partial charge is 0.432 e. The van der Waals surface area contributed by atoms with Crippen LogP contribution in [0.15, 0.2) is 6.20 Å². The second-order valence-electron chi connectivity index (χ2n) is 3.62. The van der Waals surface area contributed by atoms with Crippen molar-refractivity contribution in [2.24, 2.45) is 0 Å². The Bertz CT molecular complexity index is 425. The third-order valence-electron chi connectivity index (χ3n) is 2.54. The Labute approximate surface area is 94.2 Å². The average molecular weight is 247 g/mol. The molecule has 4 atom stereocenters. The molecule has 0 spiro atoms. The highest BCUT2D eigenvalue weighted by molar-refractivity contribution is 5.16. The monoisotopic (exact) mass is 247 g/mol. The predicted molar refractivity (Wildman–Crippen MR) is 50.8 cm³/mol. The molecule has 0 saturated carbocycles. The van der Waals surface area contributed by atoms with E-state index in [1.807, 2.05) is 0 Å². The normalized spacial score (nSPS) is 32.9. The molecule has 17 heavy (non-hydrogen) atoms. The SMILES string of the molecule is O=[N+]([O-])c1nc([C@@H]2O[C@H](CO)[C@H](F)[C@@H]2O)c[nH]1. The minimum atomic E-state index is -1.75. The van der Waals surface area contributed by atoms with E-state index in [0.717, 1.165) is 0 Å². The van der Waals surface area contributed by atoms with Gasteiger partial charge in [0.1, 0.15) is 24.5 Å². The summed E-state index contributed by atoms with van der Waals surface area (Å²) in [6.07, 6.45) is -4.35. The summed E-state index contributed by atoms with van der Waals surface area (Å²) in [5.41, 5.74) is 0.0304. The van der Waals surface area contributed by atoms with Gasteiger partial charge < -0.3 is 25.1 Å². The van der Waals surface area contributed by atoms with Crippen LogP contribution in [-0.2, 0) is 4.74 Å². The van der Waals surface area contributed by atoms with Crippen LogP contribution in [0.4, 0.5) is 10.3 Å². The molecule has 0 unspecified atom stereocenters. The van der Waals surface area contributed by atoms with Crippen LogP contribution in [0.25, 0.3) is 0 Å². The first-order valence-electron chi connectivity index (χ1n) is 4.82. The molecule has 1 aliphatic heterocycles. The molecule has 0 radical (unpaired) electrons. The molecule has 0 bridgehead atoms. The standard InChI is InChI=1S/C8H10FN3O5/c9-5-4(2-13)17-7(6(5)14)3-1-10-8(11-3)12(15)16/h1,4-7,13-14H,2H2,(H,10,11)/t4-,5+,6+,7+/m1/s1. The molecular weight excluding hydrogens is 237 g/mol. The van der Waals surface area contributed by atoms with Crippen LogP contribution in [0.3, 0.4) is 0 Å². The number of H-pyrrole nitrogens is 1. The fourth-order valence-electron chi connectivity index (χ4n) is 1.68. The number of imidazole rings is 1. The Morgan fingerprint density at radius 1 is 1.71 bits per heavy atom. The smallest absolute Gasteiger partial charge is 0.394 e. The number of rotatable bonds is 3. The molecule has 2 rings (SSSR count). The molecule has 0 aromatic carbocycles. The van der Waals surface area contributed by atoms with E-state index in [1.54, 1.807) is 0 Å². The van der Waals surface area contributed by atoms with Gasteiger partial charge in [-0.15, -0.1) is 0 Å². The molecule has 1 aromatic rings. The van der Waals surface area contributed by atoms with E-state index in [4.69, 9.17) is 9.84 Å². The number of ether oxygens (including phenoxy) is 1. The molecule has 0 aliphatic carbocycles. The van der Waals surface area contributed by atoms with Crippen LogP contribution in [0, 0.1) is 10.1 Å². The molecule has 1 fully saturated rings. The maximum atomic E-state index is 13.4. The number of halogens is 1. The summed E-state index contributed by atoms with van der Waals surface area (Å²) < 4.78 is 18.4. The van der Waals surface area contributed by atoms with Crippen molar-refractivity contribution in [1.29, 1.82) is 0 Å². The third kappa shape index (κ3) is 1.99. The Morgan fingerprint density at radius 3 is 2.88 bits per heavy atom. The third-order valence-corrected chi connectivity index (χ3v) is 2.54. The maximum Gasteiger partial charge on any atom is 0.432 e. The molecule has 8 nitrogen and oxygen atoms in total. The van der Waals surface area contributed by atoms with Crippen LogP contribution in [-0.4, -0.2) is 50.1 Å². The summed E-state index contributed by atoms with van der Waals surface area (Å²) in [6.45, 7) is -0.582. The minimum absolute atomic E-state index is 0.0304. The van der Waals surface area contributed by atoms with Gasteiger partial charge in [-0.05, 0) is 4.92 Å². The Hall–Kier alpha value is -1.58. The van der Waals surface area contributed by atoms with Gasteiger partial charge in [0.05, 0.1) is 6.61 Å². The molecule has 3 N–H and O–H groups in total. The van der Waals surface area contributed by atoms with Gasteiger partial charge in [0.2, 0.25) is 0 Å². The Balaban J connectivity index is 2.19. The van der Waals surface area contributed by atoms with Crippen molar-refractivity contribution in [3.63, 3.8) is 0 Å². The lowest BCUT2D eigenvalue weighted by molar-refractivity contribution is -0.393. The molecule has 9 heteroatoms. The van der Waals surface area contributed by atoms with Gasteiger partial charge in [-0.25, -0.2) is 9.37 Å². The number of aliphatic hydroxyl groups is 2. The van der Waals surface area contributed by atoms with Crippen LogP contribution in [0.5, 0.6) is 0 Å². The number of hydrogen-bond donors (Lipinski definition) is 3. The second kappa shape index (κ2) is 4.35. The van der Waals surface area contributed by atoms with Crippen molar-refractivity contribution >= 4 is 5.95 Å². The van der Waals surface area contributed by atoms with Gasteiger partial charge in [0.15, 0.2) is 11.9 Å². The zero-order valence-electron chi connectivity index (χ0n) is 8.49. The van der Waals surface area contributed by atoms with Crippen molar-refractivity contribution in [3.05, 3.63) is 22.0 Å².